The zero-order valence-corrected chi connectivity index (χ0v) is 17.8. The Balaban J connectivity index is 1.48. The highest BCUT2D eigenvalue weighted by atomic mass is 32.1. The maximum atomic E-state index is 12.8. The van der Waals surface area contributed by atoms with Crippen LogP contribution in [0.2, 0.25) is 0 Å². The number of nitrogens with one attached hydrogen (secondary N) is 1. The third kappa shape index (κ3) is 4.67. The van der Waals surface area contributed by atoms with Crippen LogP contribution in [0, 0.1) is 0 Å². The number of amides is 1. The highest BCUT2D eigenvalue weighted by Gasteiger charge is 2.19. The summed E-state index contributed by atoms with van der Waals surface area (Å²) in [5.74, 6) is 2.04. The van der Waals surface area contributed by atoms with Crippen molar-refractivity contribution in [2.75, 3.05) is 19.5 Å². The molecule has 0 radical (unpaired) electrons. The summed E-state index contributed by atoms with van der Waals surface area (Å²) in [4.78, 5) is 17.4. The monoisotopic (exact) mass is 432 g/mol. The molecule has 4 rings (SSSR count). The van der Waals surface area contributed by atoms with Crippen molar-refractivity contribution in [3.05, 3.63) is 83.7 Å². The molecule has 0 aliphatic heterocycles. The second-order valence-corrected chi connectivity index (χ2v) is 7.33. The van der Waals surface area contributed by atoms with Crippen molar-refractivity contribution in [1.82, 2.24) is 4.98 Å². The Morgan fingerprint density at radius 3 is 2.13 bits per heavy atom. The summed E-state index contributed by atoms with van der Waals surface area (Å²) < 4.78 is 16.4. The SMILES string of the molecule is COc1cccc(OC)c1C(=O)Nc1nc(-c2ccc(Oc3ccccc3)cc2)cs1. The first-order valence-corrected chi connectivity index (χ1v) is 10.4. The van der Waals surface area contributed by atoms with E-state index >= 15 is 0 Å². The summed E-state index contributed by atoms with van der Waals surface area (Å²) in [5, 5.41) is 5.20. The molecule has 1 amide bonds. The summed E-state index contributed by atoms with van der Waals surface area (Å²) >= 11 is 1.35. The van der Waals surface area contributed by atoms with Crippen molar-refractivity contribution in [2.24, 2.45) is 0 Å². The second kappa shape index (κ2) is 9.32. The highest BCUT2D eigenvalue weighted by Crippen LogP contribution is 2.31. The van der Waals surface area contributed by atoms with Crippen molar-refractivity contribution in [2.45, 2.75) is 0 Å². The van der Waals surface area contributed by atoms with Crippen molar-refractivity contribution >= 4 is 22.4 Å². The van der Waals surface area contributed by atoms with Crippen molar-refractivity contribution < 1.29 is 19.0 Å². The Morgan fingerprint density at radius 2 is 1.48 bits per heavy atom. The van der Waals surface area contributed by atoms with E-state index < -0.39 is 0 Å². The molecule has 4 aromatic rings. The molecule has 0 saturated carbocycles. The molecule has 0 saturated heterocycles. The minimum absolute atomic E-state index is 0.326. The molecule has 1 heterocycles. The lowest BCUT2D eigenvalue weighted by atomic mass is 10.1. The molecule has 31 heavy (non-hydrogen) atoms. The van der Waals surface area contributed by atoms with Gasteiger partial charge in [0.15, 0.2) is 5.13 Å². The highest BCUT2D eigenvalue weighted by molar-refractivity contribution is 7.14. The van der Waals surface area contributed by atoms with E-state index in [1.165, 1.54) is 25.6 Å². The quantitative estimate of drug-likeness (QED) is 0.395. The van der Waals surface area contributed by atoms with Crippen LogP contribution in [0.4, 0.5) is 5.13 Å². The van der Waals surface area contributed by atoms with E-state index in [0.717, 1.165) is 22.8 Å². The fourth-order valence-electron chi connectivity index (χ4n) is 3.02. The van der Waals surface area contributed by atoms with Crippen molar-refractivity contribution in [3.63, 3.8) is 0 Å². The first-order chi connectivity index (χ1) is 15.2. The van der Waals surface area contributed by atoms with E-state index in [2.05, 4.69) is 10.3 Å². The van der Waals surface area contributed by atoms with E-state index in [4.69, 9.17) is 14.2 Å². The number of thiazole rings is 1. The summed E-state index contributed by atoms with van der Waals surface area (Å²) in [6.45, 7) is 0. The van der Waals surface area contributed by atoms with Crippen LogP contribution in [0.3, 0.4) is 0 Å². The van der Waals surface area contributed by atoms with Gasteiger partial charge in [-0.15, -0.1) is 11.3 Å². The predicted octanol–water partition coefficient (Wildman–Crippen LogP) is 5.87. The van der Waals surface area contributed by atoms with Gasteiger partial charge in [0.25, 0.3) is 5.91 Å². The Labute approximate surface area is 184 Å². The average molecular weight is 433 g/mol. The van der Waals surface area contributed by atoms with Crippen LogP contribution in [0.15, 0.2) is 78.2 Å². The number of rotatable bonds is 7. The van der Waals surface area contributed by atoms with Crippen LogP contribution < -0.4 is 19.5 Å². The molecule has 0 aliphatic rings. The number of nitrogens with zero attached hydrogens (tertiary/aromatic N) is 1. The largest absolute Gasteiger partial charge is 0.496 e. The van der Waals surface area contributed by atoms with Crippen LogP contribution in [0.25, 0.3) is 11.3 Å². The van der Waals surface area contributed by atoms with Gasteiger partial charge in [0.05, 0.1) is 19.9 Å². The molecule has 0 spiro atoms. The van der Waals surface area contributed by atoms with E-state index in [0.29, 0.717) is 22.2 Å². The van der Waals surface area contributed by atoms with Gasteiger partial charge in [-0.05, 0) is 48.5 Å². The van der Waals surface area contributed by atoms with Crippen molar-refractivity contribution in [3.8, 4) is 34.3 Å². The zero-order valence-electron chi connectivity index (χ0n) is 17.0. The van der Waals surface area contributed by atoms with E-state index in [-0.39, 0.29) is 5.91 Å². The second-order valence-electron chi connectivity index (χ2n) is 6.47. The number of ether oxygens (including phenoxy) is 3. The number of hydrogen-bond donors (Lipinski definition) is 1. The molecule has 1 aromatic heterocycles. The Bertz CT molecular complexity index is 1150. The minimum atomic E-state index is -0.346. The van der Waals surface area contributed by atoms with Gasteiger partial charge in [0.1, 0.15) is 28.6 Å². The molecule has 1 N–H and O–H groups in total. The molecule has 156 valence electrons. The van der Waals surface area contributed by atoms with Gasteiger partial charge < -0.3 is 14.2 Å². The summed E-state index contributed by atoms with van der Waals surface area (Å²) in [5.41, 5.74) is 2.01. The third-order valence-electron chi connectivity index (χ3n) is 4.51. The van der Waals surface area contributed by atoms with Crippen LogP contribution in [0.5, 0.6) is 23.0 Å². The van der Waals surface area contributed by atoms with Gasteiger partial charge in [-0.3, -0.25) is 10.1 Å². The Kier molecular flexibility index (Phi) is 6.14. The topological polar surface area (TPSA) is 69.7 Å². The number of carbonyl (C=O) groups is 1. The van der Waals surface area contributed by atoms with Gasteiger partial charge >= 0.3 is 0 Å². The number of benzene rings is 3. The lowest BCUT2D eigenvalue weighted by Gasteiger charge is -2.11. The van der Waals surface area contributed by atoms with Gasteiger partial charge in [-0.1, -0.05) is 24.3 Å². The minimum Gasteiger partial charge on any atom is -0.496 e. The lowest BCUT2D eigenvalue weighted by Crippen LogP contribution is -2.14. The van der Waals surface area contributed by atoms with Gasteiger partial charge in [-0.2, -0.15) is 0 Å². The van der Waals surface area contributed by atoms with Crippen LogP contribution >= 0.6 is 11.3 Å². The fraction of sp³-hybridized carbons (Fsp3) is 0.0833. The van der Waals surface area contributed by atoms with Gasteiger partial charge in [0.2, 0.25) is 0 Å². The maximum Gasteiger partial charge on any atom is 0.265 e. The molecule has 0 unspecified atom stereocenters. The molecule has 0 bridgehead atoms. The van der Waals surface area contributed by atoms with Gasteiger partial charge in [-0.25, -0.2) is 4.98 Å². The number of anilines is 1. The predicted molar refractivity (Wildman–Crippen MR) is 122 cm³/mol. The third-order valence-corrected chi connectivity index (χ3v) is 5.27. The van der Waals surface area contributed by atoms with E-state index in [1.807, 2.05) is 60.0 Å². The molecule has 0 aliphatic carbocycles. The summed E-state index contributed by atoms with van der Waals surface area (Å²) in [7, 11) is 3.02. The Hall–Kier alpha value is -3.84. The van der Waals surface area contributed by atoms with Crippen LogP contribution in [0.1, 0.15) is 10.4 Å². The lowest BCUT2D eigenvalue weighted by molar-refractivity contribution is 0.102. The molecular formula is C24H20N2O4S. The van der Waals surface area contributed by atoms with Crippen LogP contribution in [-0.4, -0.2) is 25.1 Å². The average Bonchev–Trinajstić information content (AvgIpc) is 3.28. The van der Waals surface area contributed by atoms with E-state index in [9.17, 15) is 4.79 Å². The smallest absolute Gasteiger partial charge is 0.265 e. The molecular weight excluding hydrogens is 412 g/mol. The number of hydrogen-bond acceptors (Lipinski definition) is 6. The number of aromatic nitrogens is 1. The molecule has 6 nitrogen and oxygen atoms in total. The Morgan fingerprint density at radius 1 is 0.839 bits per heavy atom. The summed E-state index contributed by atoms with van der Waals surface area (Å²) in [6.07, 6.45) is 0. The van der Waals surface area contributed by atoms with Crippen molar-refractivity contribution in [1.29, 1.82) is 0 Å². The first kappa shape index (κ1) is 20.4. The molecule has 0 atom stereocenters. The first-order valence-electron chi connectivity index (χ1n) is 9.49. The fourth-order valence-corrected chi connectivity index (χ4v) is 3.73. The van der Waals surface area contributed by atoms with Gasteiger partial charge in [0, 0.05) is 10.9 Å². The molecule has 7 heteroatoms. The summed E-state index contributed by atoms with van der Waals surface area (Å²) in [6, 6.07) is 22.4. The normalized spacial score (nSPS) is 10.4. The number of methoxy groups -OCH3 is 2. The number of para-hydroxylation sites is 1. The maximum absolute atomic E-state index is 12.8. The van der Waals surface area contributed by atoms with E-state index in [1.54, 1.807) is 18.2 Å². The van der Waals surface area contributed by atoms with Crippen LogP contribution in [-0.2, 0) is 0 Å². The molecule has 3 aromatic carbocycles. The number of carbonyl (C=O) groups excluding carboxylic acids is 1. The standard InChI is InChI=1S/C24H20N2O4S/c1-28-20-9-6-10-21(29-2)22(20)23(27)26-24-25-19(15-31-24)16-11-13-18(14-12-16)30-17-7-4-3-5-8-17/h3-15H,1-2H3,(H,25,26,27). The zero-order chi connectivity index (χ0) is 21.6. The molecule has 0 fully saturated rings.